The van der Waals surface area contributed by atoms with Crippen LogP contribution in [0.25, 0.3) is 0 Å². The van der Waals surface area contributed by atoms with E-state index >= 15 is 0 Å². The molecule has 1 N–H and O–H groups in total. The first-order chi connectivity index (χ1) is 9.61. The molecule has 0 spiro atoms. The lowest BCUT2D eigenvalue weighted by Gasteiger charge is -2.37. The minimum Gasteiger partial charge on any atom is -0.444 e. The van der Waals surface area contributed by atoms with Crippen LogP contribution in [0.2, 0.25) is 0 Å². The van der Waals surface area contributed by atoms with E-state index in [0.29, 0.717) is 23.4 Å². The van der Waals surface area contributed by atoms with E-state index in [1.807, 2.05) is 46.4 Å². The van der Waals surface area contributed by atoms with Gasteiger partial charge in [-0.1, -0.05) is 27.7 Å². The van der Waals surface area contributed by atoms with Gasteiger partial charge in [-0.05, 0) is 52.4 Å². The van der Waals surface area contributed by atoms with Gasteiger partial charge in [-0.2, -0.15) is 0 Å². The van der Waals surface area contributed by atoms with Crippen LogP contribution in [0, 0.1) is 10.8 Å². The summed E-state index contributed by atoms with van der Waals surface area (Å²) < 4.78 is 5.54. The van der Waals surface area contributed by atoms with Crippen LogP contribution in [0.1, 0.15) is 69.2 Å². The van der Waals surface area contributed by atoms with Gasteiger partial charge in [0.15, 0.2) is 0 Å². The first-order valence-corrected chi connectivity index (χ1v) is 8.35. The molecule has 4 heteroatoms. The van der Waals surface area contributed by atoms with E-state index in [2.05, 4.69) is 33.0 Å². The lowest BCUT2D eigenvalue weighted by Crippen LogP contribution is -2.50. The first kappa shape index (κ1) is 19.3. The third-order valence-corrected chi connectivity index (χ3v) is 5.13. The van der Waals surface area contributed by atoms with Gasteiger partial charge in [-0.3, -0.25) is 0 Å². The number of rotatable bonds is 4. The van der Waals surface area contributed by atoms with Gasteiger partial charge in [0.25, 0.3) is 0 Å². The predicted molar refractivity (Wildman–Crippen MR) is 92.0 cm³/mol. The molecule has 130 valence electrons. The maximum atomic E-state index is 12.4. The summed E-state index contributed by atoms with van der Waals surface area (Å²) >= 11 is 0. The average Bonchev–Trinajstić information content (AvgIpc) is 2.60. The summed E-state index contributed by atoms with van der Waals surface area (Å²) in [6, 6.07) is 0.500. The summed E-state index contributed by atoms with van der Waals surface area (Å²) in [5, 5.41) is 3.61. The van der Waals surface area contributed by atoms with Crippen molar-refractivity contribution < 1.29 is 9.53 Å². The zero-order chi connectivity index (χ0) is 17.6. The average molecular weight is 312 g/mol. The highest BCUT2D eigenvalue weighted by atomic mass is 16.6. The lowest BCUT2D eigenvalue weighted by molar-refractivity contribution is 0.00657. The number of amides is 1. The van der Waals surface area contributed by atoms with E-state index in [1.165, 1.54) is 0 Å². The molecule has 4 nitrogen and oxygen atoms in total. The molecular formula is C18H36N2O2. The Kier molecular flexibility index (Phi) is 4.99. The van der Waals surface area contributed by atoms with E-state index in [9.17, 15) is 4.79 Å². The topological polar surface area (TPSA) is 41.6 Å². The predicted octanol–water partition coefficient (Wildman–Crippen LogP) is 4.05. The second-order valence-corrected chi connectivity index (χ2v) is 9.63. The lowest BCUT2D eigenvalue weighted by atomic mass is 10.0. The molecule has 0 unspecified atom stereocenters. The third-order valence-electron chi connectivity index (χ3n) is 5.13. The van der Waals surface area contributed by atoms with Crippen LogP contribution in [-0.4, -0.2) is 41.3 Å². The van der Waals surface area contributed by atoms with Crippen molar-refractivity contribution in [3.8, 4) is 0 Å². The number of hydrogen-bond acceptors (Lipinski definition) is 3. The van der Waals surface area contributed by atoms with Crippen LogP contribution in [0.5, 0.6) is 0 Å². The molecule has 0 aromatic heterocycles. The number of hydrogen-bond donors (Lipinski definition) is 1. The summed E-state index contributed by atoms with van der Waals surface area (Å²) in [6.45, 7) is 22.4. The summed E-state index contributed by atoms with van der Waals surface area (Å²) in [5.41, 5.74) is -0.0932. The van der Waals surface area contributed by atoms with Crippen LogP contribution >= 0.6 is 0 Å². The zero-order valence-corrected chi connectivity index (χ0v) is 16.3. The van der Waals surface area contributed by atoms with Gasteiger partial charge in [0.1, 0.15) is 5.60 Å². The maximum Gasteiger partial charge on any atom is 0.410 e. The van der Waals surface area contributed by atoms with Crippen molar-refractivity contribution in [3.05, 3.63) is 0 Å². The Bertz CT molecular complexity index is 400. The SMILES string of the molecule is CC(C)(C)OC(=O)N(CCNC1C(C)(C)C1(C)C)C(C)(C)C. The highest BCUT2D eigenvalue weighted by Gasteiger charge is 2.64. The van der Waals surface area contributed by atoms with Gasteiger partial charge in [0.05, 0.1) is 0 Å². The summed E-state index contributed by atoms with van der Waals surface area (Å²) in [4.78, 5) is 14.2. The Morgan fingerprint density at radius 2 is 1.50 bits per heavy atom. The van der Waals surface area contributed by atoms with Gasteiger partial charge in [-0.15, -0.1) is 0 Å². The standard InChI is InChI=1S/C18H36N2O2/c1-15(2,3)20(14(21)22-16(4,5)6)12-11-19-13-17(7,8)18(13,9)10/h13,19H,11-12H2,1-10H3. The fourth-order valence-electron chi connectivity index (χ4n) is 3.04. The van der Waals surface area contributed by atoms with Gasteiger partial charge in [-0.25, -0.2) is 4.79 Å². The minimum atomic E-state index is -0.464. The highest BCUT2D eigenvalue weighted by Crippen LogP contribution is 2.62. The molecule has 1 saturated carbocycles. The second kappa shape index (κ2) is 5.70. The zero-order valence-electron chi connectivity index (χ0n) is 16.3. The Labute approximate surface area is 137 Å². The van der Waals surface area contributed by atoms with Gasteiger partial charge in [0, 0.05) is 24.7 Å². The van der Waals surface area contributed by atoms with Crippen LogP contribution in [-0.2, 0) is 4.74 Å². The molecule has 0 aliphatic heterocycles. The van der Waals surface area contributed by atoms with Crippen molar-refractivity contribution in [2.24, 2.45) is 10.8 Å². The summed E-state index contributed by atoms with van der Waals surface area (Å²) in [7, 11) is 0. The van der Waals surface area contributed by atoms with Crippen molar-refractivity contribution in [1.29, 1.82) is 0 Å². The molecule has 0 bridgehead atoms. The Morgan fingerprint density at radius 1 is 1.05 bits per heavy atom. The number of ether oxygens (including phenoxy) is 1. The molecule has 0 heterocycles. The van der Waals surface area contributed by atoms with Crippen molar-refractivity contribution in [3.63, 3.8) is 0 Å². The maximum absolute atomic E-state index is 12.4. The van der Waals surface area contributed by atoms with Crippen molar-refractivity contribution in [2.45, 2.75) is 86.4 Å². The van der Waals surface area contributed by atoms with Gasteiger partial charge >= 0.3 is 6.09 Å². The Morgan fingerprint density at radius 3 is 1.82 bits per heavy atom. The molecule has 0 atom stereocenters. The van der Waals surface area contributed by atoms with Gasteiger partial charge < -0.3 is 15.0 Å². The van der Waals surface area contributed by atoms with E-state index < -0.39 is 5.60 Å². The fourth-order valence-corrected chi connectivity index (χ4v) is 3.04. The molecule has 1 aliphatic carbocycles. The van der Waals surface area contributed by atoms with Crippen molar-refractivity contribution in [1.82, 2.24) is 10.2 Å². The van der Waals surface area contributed by atoms with E-state index in [0.717, 1.165) is 6.54 Å². The van der Waals surface area contributed by atoms with Crippen LogP contribution in [0.15, 0.2) is 0 Å². The molecule has 1 fully saturated rings. The van der Waals surface area contributed by atoms with Crippen molar-refractivity contribution in [2.75, 3.05) is 13.1 Å². The van der Waals surface area contributed by atoms with Crippen LogP contribution < -0.4 is 5.32 Å². The monoisotopic (exact) mass is 312 g/mol. The number of carbonyl (C=O) groups excluding carboxylic acids is 1. The number of carbonyl (C=O) groups is 1. The minimum absolute atomic E-state index is 0.240. The van der Waals surface area contributed by atoms with Gasteiger partial charge in [0.2, 0.25) is 0 Å². The third kappa shape index (κ3) is 4.15. The number of nitrogens with zero attached hydrogens (tertiary/aromatic N) is 1. The van der Waals surface area contributed by atoms with Crippen LogP contribution in [0.4, 0.5) is 4.79 Å². The largest absolute Gasteiger partial charge is 0.444 e. The molecule has 1 aliphatic rings. The molecule has 0 aromatic rings. The molecular weight excluding hydrogens is 276 g/mol. The normalized spacial score (nSPS) is 20.6. The molecule has 0 saturated heterocycles. The van der Waals surface area contributed by atoms with Crippen LogP contribution in [0.3, 0.4) is 0 Å². The molecule has 0 radical (unpaired) electrons. The summed E-state index contributed by atoms with van der Waals surface area (Å²) in [6.07, 6.45) is -0.240. The van der Waals surface area contributed by atoms with E-state index in [1.54, 1.807) is 0 Å². The quantitative estimate of drug-likeness (QED) is 0.851. The smallest absolute Gasteiger partial charge is 0.410 e. The number of nitrogens with one attached hydrogen (secondary N) is 1. The molecule has 1 rings (SSSR count). The van der Waals surface area contributed by atoms with E-state index in [4.69, 9.17) is 4.74 Å². The molecule has 1 amide bonds. The van der Waals surface area contributed by atoms with Crippen molar-refractivity contribution >= 4 is 6.09 Å². The highest BCUT2D eigenvalue weighted by molar-refractivity contribution is 5.69. The molecule has 22 heavy (non-hydrogen) atoms. The Hall–Kier alpha value is -0.770. The first-order valence-electron chi connectivity index (χ1n) is 8.35. The Balaban J connectivity index is 2.60. The second-order valence-electron chi connectivity index (χ2n) is 9.63. The summed E-state index contributed by atoms with van der Waals surface area (Å²) in [5.74, 6) is 0. The van der Waals surface area contributed by atoms with E-state index in [-0.39, 0.29) is 11.6 Å². The molecule has 0 aromatic carbocycles. The fraction of sp³-hybridized carbons (Fsp3) is 0.944.